The van der Waals surface area contributed by atoms with E-state index in [1.54, 1.807) is 11.5 Å². The van der Waals surface area contributed by atoms with Gasteiger partial charge in [0.1, 0.15) is 24.0 Å². The lowest BCUT2D eigenvalue weighted by molar-refractivity contribution is -0.127. The van der Waals surface area contributed by atoms with Crippen LogP contribution >= 0.6 is 0 Å². The normalized spacial score (nSPS) is 19.7. The zero-order valence-corrected chi connectivity index (χ0v) is 19.6. The molecule has 8 nitrogen and oxygen atoms in total. The average molecular weight is 443 g/mol. The molecule has 1 fully saturated rings. The van der Waals surface area contributed by atoms with Crippen molar-refractivity contribution in [1.82, 2.24) is 14.9 Å². The van der Waals surface area contributed by atoms with Crippen LogP contribution in [-0.4, -0.2) is 46.0 Å². The van der Waals surface area contributed by atoms with Gasteiger partial charge in [0.15, 0.2) is 5.78 Å². The van der Waals surface area contributed by atoms with Crippen molar-refractivity contribution in [2.24, 2.45) is 11.8 Å². The zero-order chi connectivity index (χ0) is 23.4. The molecule has 8 heteroatoms. The molecule has 2 heterocycles. The number of benzene rings is 1. The van der Waals surface area contributed by atoms with E-state index in [2.05, 4.69) is 43.3 Å². The monoisotopic (exact) mass is 442 g/mol. The van der Waals surface area contributed by atoms with Crippen molar-refractivity contribution < 1.29 is 14.3 Å². The maximum Gasteiger partial charge on any atom is 0.350 e. The second-order valence-electron chi connectivity index (χ2n) is 9.37. The number of ether oxygens (including phenoxy) is 1. The molecule has 1 saturated heterocycles. The third-order valence-corrected chi connectivity index (χ3v) is 5.67. The Labute approximate surface area is 188 Å². The summed E-state index contributed by atoms with van der Waals surface area (Å²) in [5.74, 6) is 0.652. The molecule has 174 valence electrons. The SMILES string of the molecule is CC(C)CCC(Nc1nc(=O)n(CC(C)C)c2ccccc12)C(=O)NC1COC(C)C1=O. The van der Waals surface area contributed by atoms with Gasteiger partial charge >= 0.3 is 5.69 Å². The van der Waals surface area contributed by atoms with Crippen LogP contribution in [0, 0.1) is 11.8 Å². The number of nitrogens with one attached hydrogen (secondary N) is 2. The third kappa shape index (κ3) is 5.54. The van der Waals surface area contributed by atoms with Gasteiger partial charge in [-0.25, -0.2) is 4.79 Å². The van der Waals surface area contributed by atoms with Crippen LogP contribution in [0.4, 0.5) is 5.82 Å². The molecule has 0 aliphatic carbocycles. The first kappa shape index (κ1) is 23.9. The molecule has 1 aromatic heterocycles. The Hall–Kier alpha value is -2.74. The highest BCUT2D eigenvalue weighted by Gasteiger charge is 2.34. The maximum atomic E-state index is 13.1. The van der Waals surface area contributed by atoms with E-state index >= 15 is 0 Å². The number of nitrogens with zero attached hydrogens (tertiary/aromatic N) is 2. The molecule has 1 aliphatic heterocycles. The van der Waals surface area contributed by atoms with Crippen LogP contribution in [0.3, 0.4) is 0 Å². The number of para-hydroxylation sites is 1. The van der Waals surface area contributed by atoms with Gasteiger partial charge in [-0.3, -0.25) is 14.2 Å². The predicted octanol–water partition coefficient (Wildman–Crippen LogP) is 2.74. The summed E-state index contributed by atoms with van der Waals surface area (Å²) in [6.45, 7) is 10.7. The van der Waals surface area contributed by atoms with Crippen molar-refractivity contribution in [2.75, 3.05) is 11.9 Å². The van der Waals surface area contributed by atoms with Crippen molar-refractivity contribution in [2.45, 2.75) is 72.2 Å². The Bertz CT molecular complexity index is 1030. The van der Waals surface area contributed by atoms with Crippen molar-refractivity contribution >= 4 is 28.4 Å². The summed E-state index contributed by atoms with van der Waals surface area (Å²) < 4.78 is 7.02. The average Bonchev–Trinajstić information content (AvgIpc) is 3.05. The summed E-state index contributed by atoms with van der Waals surface area (Å²) >= 11 is 0. The highest BCUT2D eigenvalue weighted by Crippen LogP contribution is 2.22. The lowest BCUT2D eigenvalue weighted by Crippen LogP contribution is -2.48. The van der Waals surface area contributed by atoms with Crippen LogP contribution in [0.25, 0.3) is 10.9 Å². The highest BCUT2D eigenvalue weighted by atomic mass is 16.5. The number of rotatable bonds is 9. The van der Waals surface area contributed by atoms with Gasteiger partial charge in [-0.2, -0.15) is 4.98 Å². The lowest BCUT2D eigenvalue weighted by atomic mass is 10.0. The van der Waals surface area contributed by atoms with Crippen LogP contribution in [0.15, 0.2) is 29.1 Å². The zero-order valence-electron chi connectivity index (χ0n) is 19.6. The molecule has 0 spiro atoms. The van der Waals surface area contributed by atoms with E-state index in [-0.39, 0.29) is 29.9 Å². The quantitative estimate of drug-likeness (QED) is 0.619. The predicted molar refractivity (Wildman–Crippen MR) is 125 cm³/mol. The minimum Gasteiger partial charge on any atom is -0.368 e. The van der Waals surface area contributed by atoms with Gasteiger partial charge in [-0.05, 0) is 43.7 Å². The van der Waals surface area contributed by atoms with E-state index in [4.69, 9.17) is 4.74 Å². The Kier molecular flexibility index (Phi) is 7.66. The molecule has 0 radical (unpaired) electrons. The summed E-state index contributed by atoms with van der Waals surface area (Å²) in [4.78, 5) is 42.4. The highest BCUT2D eigenvalue weighted by molar-refractivity contribution is 5.96. The van der Waals surface area contributed by atoms with Gasteiger partial charge in [0, 0.05) is 11.9 Å². The summed E-state index contributed by atoms with van der Waals surface area (Å²) in [5.41, 5.74) is 0.427. The number of Topliss-reactive ketones (excluding diaryl/α,β-unsaturated/α-hetero) is 1. The number of carbonyl (C=O) groups is 2. The fraction of sp³-hybridized carbons (Fsp3) is 0.583. The van der Waals surface area contributed by atoms with Gasteiger partial charge in [-0.1, -0.05) is 39.8 Å². The second kappa shape index (κ2) is 10.3. The fourth-order valence-electron chi connectivity index (χ4n) is 3.89. The number of carbonyl (C=O) groups excluding carboxylic acids is 2. The molecule has 3 unspecified atom stereocenters. The van der Waals surface area contributed by atoms with E-state index in [1.807, 2.05) is 24.3 Å². The smallest absolute Gasteiger partial charge is 0.350 e. The molecule has 2 aromatic rings. The summed E-state index contributed by atoms with van der Waals surface area (Å²) in [7, 11) is 0. The molecule has 32 heavy (non-hydrogen) atoms. The van der Waals surface area contributed by atoms with E-state index in [9.17, 15) is 14.4 Å². The van der Waals surface area contributed by atoms with Gasteiger partial charge < -0.3 is 15.4 Å². The van der Waals surface area contributed by atoms with E-state index < -0.39 is 18.2 Å². The fourth-order valence-corrected chi connectivity index (χ4v) is 3.89. The molecule has 3 rings (SSSR count). The summed E-state index contributed by atoms with van der Waals surface area (Å²) in [6.07, 6.45) is 0.840. The van der Waals surface area contributed by atoms with E-state index in [0.717, 1.165) is 17.3 Å². The minimum atomic E-state index is -0.649. The molecule has 1 amide bonds. The standard InChI is InChI=1S/C24H34N4O4/c1-14(2)10-11-18(23(30)26-19-13-32-16(5)21(19)29)25-22-17-8-6-7-9-20(17)28(12-15(3)4)24(31)27-22/h6-9,14-16,18-19H,10-13H2,1-5H3,(H,26,30)(H,25,27,31). The third-order valence-electron chi connectivity index (χ3n) is 5.67. The van der Waals surface area contributed by atoms with Gasteiger partial charge in [0.25, 0.3) is 0 Å². The molecule has 3 atom stereocenters. The lowest BCUT2D eigenvalue weighted by Gasteiger charge is -2.23. The largest absolute Gasteiger partial charge is 0.368 e. The molecule has 2 N–H and O–H groups in total. The number of fused-ring (bicyclic) bond motifs is 1. The molecule has 1 aliphatic rings. The maximum absolute atomic E-state index is 13.1. The van der Waals surface area contributed by atoms with Crippen molar-refractivity contribution in [3.05, 3.63) is 34.7 Å². The first-order valence-electron chi connectivity index (χ1n) is 11.4. The molecular weight excluding hydrogens is 408 g/mol. The molecular formula is C24H34N4O4. The van der Waals surface area contributed by atoms with Crippen molar-refractivity contribution in [1.29, 1.82) is 0 Å². The topological polar surface area (TPSA) is 102 Å². The Balaban J connectivity index is 1.91. The molecule has 0 saturated carbocycles. The number of amides is 1. The molecule has 1 aromatic carbocycles. The number of hydrogen-bond donors (Lipinski definition) is 2. The van der Waals surface area contributed by atoms with Crippen LogP contribution in [-0.2, 0) is 20.9 Å². The van der Waals surface area contributed by atoms with Crippen LogP contribution in [0.1, 0.15) is 47.5 Å². The number of anilines is 1. The Morgan fingerprint density at radius 2 is 1.88 bits per heavy atom. The Morgan fingerprint density at radius 1 is 1.16 bits per heavy atom. The Morgan fingerprint density at radius 3 is 2.50 bits per heavy atom. The van der Waals surface area contributed by atoms with Crippen molar-refractivity contribution in [3.63, 3.8) is 0 Å². The molecule has 0 bridgehead atoms. The van der Waals surface area contributed by atoms with E-state index in [1.165, 1.54) is 0 Å². The first-order chi connectivity index (χ1) is 15.2. The summed E-state index contributed by atoms with van der Waals surface area (Å²) in [6, 6.07) is 6.29. The first-order valence-corrected chi connectivity index (χ1v) is 11.4. The summed E-state index contributed by atoms with van der Waals surface area (Å²) in [5, 5.41) is 6.81. The number of hydrogen-bond acceptors (Lipinski definition) is 6. The van der Waals surface area contributed by atoms with E-state index in [0.29, 0.717) is 24.7 Å². The van der Waals surface area contributed by atoms with Crippen LogP contribution in [0.2, 0.25) is 0 Å². The number of ketones is 1. The van der Waals surface area contributed by atoms with Gasteiger partial charge in [0.2, 0.25) is 5.91 Å². The van der Waals surface area contributed by atoms with Gasteiger partial charge in [0.05, 0.1) is 12.1 Å². The van der Waals surface area contributed by atoms with Crippen molar-refractivity contribution in [3.8, 4) is 0 Å². The second-order valence-corrected chi connectivity index (χ2v) is 9.37. The number of aromatic nitrogens is 2. The van der Waals surface area contributed by atoms with Gasteiger partial charge in [-0.15, -0.1) is 0 Å². The minimum absolute atomic E-state index is 0.124. The van der Waals surface area contributed by atoms with Crippen LogP contribution in [0.5, 0.6) is 0 Å². The van der Waals surface area contributed by atoms with Crippen LogP contribution < -0.4 is 16.3 Å².